The van der Waals surface area contributed by atoms with Gasteiger partial charge in [-0.05, 0) is 44.5 Å². The summed E-state index contributed by atoms with van der Waals surface area (Å²) in [4.78, 5) is 2.62. The van der Waals surface area contributed by atoms with Crippen molar-refractivity contribution < 1.29 is 4.42 Å². The highest BCUT2D eigenvalue weighted by atomic mass is 16.3. The van der Waals surface area contributed by atoms with E-state index in [1.807, 2.05) is 19.2 Å². The molecule has 1 aliphatic heterocycles. The normalized spacial score (nSPS) is 21.4. The number of fused-ring (bicyclic) bond motifs is 1. The second-order valence-corrected chi connectivity index (χ2v) is 6.48. The van der Waals surface area contributed by atoms with Crippen LogP contribution in [0.25, 0.3) is 11.0 Å². The Morgan fingerprint density at radius 3 is 2.86 bits per heavy atom. The first-order valence-electron chi connectivity index (χ1n) is 8.09. The first-order chi connectivity index (χ1) is 10.2. The number of likely N-dealkylation sites (N-methyl/N-ethyl adjacent to an activating group) is 1. The summed E-state index contributed by atoms with van der Waals surface area (Å²) in [6.07, 6.45) is 2.65. The van der Waals surface area contributed by atoms with Gasteiger partial charge in [-0.15, -0.1) is 0 Å². The van der Waals surface area contributed by atoms with Crippen molar-refractivity contribution in [2.75, 3.05) is 20.1 Å². The third kappa shape index (κ3) is 2.99. The molecular formula is C18H26N2O. The molecule has 1 fully saturated rings. The molecule has 21 heavy (non-hydrogen) atoms. The van der Waals surface area contributed by atoms with Gasteiger partial charge in [0.15, 0.2) is 0 Å². The van der Waals surface area contributed by atoms with E-state index >= 15 is 0 Å². The molecule has 0 radical (unpaired) electrons. The van der Waals surface area contributed by atoms with Crippen LogP contribution in [-0.2, 0) is 0 Å². The molecule has 0 saturated carbocycles. The summed E-state index contributed by atoms with van der Waals surface area (Å²) in [5.41, 5.74) is 0.981. The highest BCUT2D eigenvalue weighted by molar-refractivity contribution is 5.77. The van der Waals surface area contributed by atoms with Gasteiger partial charge >= 0.3 is 0 Å². The van der Waals surface area contributed by atoms with E-state index in [0.717, 1.165) is 23.8 Å². The van der Waals surface area contributed by atoms with Crippen LogP contribution in [0.1, 0.15) is 38.5 Å². The molecule has 114 valence electrons. The molecule has 0 amide bonds. The molecule has 1 saturated heterocycles. The minimum absolute atomic E-state index is 0.261. The molecule has 3 heteroatoms. The zero-order valence-corrected chi connectivity index (χ0v) is 13.3. The molecule has 0 spiro atoms. The third-order valence-corrected chi connectivity index (χ3v) is 4.74. The zero-order chi connectivity index (χ0) is 14.8. The summed E-state index contributed by atoms with van der Waals surface area (Å²) in [5.74, 6) is 1.77. The summed E-state index contributed by atoms with van der Waals surface area (Å²) in [5, 5.41) is 4.62. The maximum Gasteiger partial charge on any atom is 0.134 e. The molecule has 3 nitrogen and oxygen atoms in total. The lowest BCUT2D eigenvalue weighted by Crippen LogP contribution is -2.39. The predicted octanol–water partition coefficient (Wildman–Crippen LogP) is 3.81. The summed E-state index contributed by atoms with van der Waals surface area (Å²) >= 11 is 0. The second kappa shape index (κ2) is 6.20. The van der Waals surface area contributed by atoms with Gasteiger partial charge in [0.2, 0.25) is 0 Å². The van der Waals surface area contributed by atoms with E-state index in [4.69, 9.17) is 4.42 Å². The number of hydrogen-bond acceptors (Lipinski definition) is 3. The maximum atomic E-state index is 6.04. The Kier molecular flexibility index (Phi) is 4.32. The summed E-state index contributed by atoms with van der Waals surface area (Å²) < 4.78 is 6.04. The van der Waals surface area contributed by atoms with E-state index in [1.54, 1.807) is 0 Å². The van der Waals surface area contributed by atoms with Gasteiger partial charge in [-0.25, -0.2) is 0 Å². The number of furan rings is 1. The molecule has 2 unspecified atom stereocenters. The molecule has 2 aromatic rings. The Morgan fingerprint density at radius 1 is 1.33 bits per heavy atom. The average molecular weight is 286 g/mol. The van der Waals surface area contributed by atoms with Crippen LogP contribution >= 0.6 is 0 Å². The van der Waals surface area contributed by atoms with Gasteiger partial charge in [0, 0.05) is 18.0 Å². The SMILES string of the molecule is CNC(CN1CCCC1C(C)C)c1cc2ccccc2o1. The van der Waals surface area contributed by atoms with Crippen molar-refractivity contribution in [2.45, 2.75) is 38.8 Å². The minimum atomic E-state index is 0.261. The molecular weight excluding hydrogens is 260 g/mol. The van der Waals surface area contributed by atoms with Crippen molar-refractivity contribution in [2.24, 2.45) is 5.92 Å². The molecule has 1 aliphatic rings. The van der Waals surface area contributed by atoms with Crippen LogP contribution in [0.15, 0.2) is 34.7 Å². The van der Waals surface area contributed by atoms with Gasteiger partial charge in [0.1, 0.15) is 11.3 Å². The Bertz CT molecular complexity index is 557. The molecule has 1 aromatic heterocycles. The smallest absolute Gasteiger partial charge is 0.134 e. The van der Waals surface area contributed by atoms with E-state index in [9.17, 15) is 0 Å². The minimum Gasteiger partial charge on any atom is -0.459 e. The standard InChI is InChI=1S/C18H26N2O/c1-13(2)16-8-6-10-20(16)12-15(19-3)18-11-14-7-4-5-9-17(14)21-18/h4-5,7,9,11,13,15-16,19H,6,8,10,12H2,1-3H3. The van der Waals surface area contributed by atoms with Crippen molar-refractivity contribution in [3.8, 4) is 0 Å². The maximum absolute atomic E-state index is 6.04. The van der Waals surface area contributed by atoms with Crippen LogP contribution in [0.4, 0.5) is 0 Å². The van der Waals surface area contributed by atoms with E-state index in [2.05, 4.69) is 42.3 Å². The van der Waals surface area contributed by atoms with Gasteiger partial charge in [-0.3, -0.25) is 4.90 Å². The van der Waals surface area contributed by atoms with Gasteiger partial charge in [0.05, 0.1) is 6.04 Å². The lowest BCUT2D eigenvalue weighted by atomic mass is 10.0. The van der Waals surface area contributed by atoms with E-state index in [0.29, 0.717) is 6.04 Å². The number of benzene rings is 1. The summed E-state index contributed by atoms with van der Waals surface area (Å²) in [6, 6.07) is 11.4. The first-order valence-corrected chi connectivity index (χ1v) is 8.09. The number of likely N-dealkylation sites (tertiary alicyclic amines) is 1. The van der Waals surface area contributed by atoms with Crippen LogP contribution < -0.4 is 5.32 Å². The Hall–Kier alpha value is -1.32. The Labute approximate surface area is 127 Å². The van der Waals surface area contributed by atoms with Crippen LogP contribution in [0.3, 0.4) is 0 Å². The largest absolute Gasteiger partial charge is 0.459 e. The van der Waals surface area contributed by atoms with Crippen LogP contribution in [-0.4, -0.2) is 31.1 Å². The number of nitrogens with zero attached hydrogens (tertiary/aromatic N) is 1. The topological polar surface area (TPSA) is 28.4 Å². The Balaban J connectivity index is 1.78. The third-order valence-electron chi connectivity index (χ3n) is 4.74. The molecule has 2 heterocycles. The number of nitrogens with one attached hydrogen (secondary N) is 1. The molecule has 3 rings (SSSR count). The van der Waals surface area contributed by atoms with Gasteiger partial charge in [-0.1, -0.05) is 32.0 Å². The van der Waals surface area contributed by atoms with Gasteiger partial charge < -0.3 is 9.73 Å². The summed E-state index contributed by atoms with van der Waals surface area (Å²) in [7, 11) is 2.03. The lowest BCUT2D eigenvalue weighted by Gasteiger charge is -2.30. The number of rotatable bonds is 5. The van der Waals surface area contributed by atoms with E-state index < -0.39 is 0 Å². The fourth-order valence-corrected chi connectivity index (χ4v) is 3.57. The van der Waals surface area contributed by atoms with Crippen molar-refractivity contribution in [1.29, 1.82) is 0 Å². The summed E-state index contributed by atoms with van der Waals surface area (Å²) in [6.45, 7) is 6.90. The second-order valence-electron chi connectivity index (χ2n) is 6.48. The zero-order valence-electron chi connectivity index (χ0n) is 13.3. The van der Waals surface area contributed by atoms with Crippen molar-refractivity contribution >= 4 is 11.0 Å². The van der Waals surface area contributed by atoms with Gasteiger partial charge in [-0.2, -0.15) is 0 Å². The molecule has 0 aliphatic carbocycles. The van der Waals surface area contributed by atoms with Crippen molar-refractivity contribution in [3.05, 3.63) is 36.1 Å². The Morgan fingerprint density at radius 2 is 2.14 bits per heavy atom. The molecule has 1 aromatic carbocycles. The lowest BCUT2D eigenvalue weighted by molar-refractivity contribution is 0.182. The predicted molar refractivity (Wildman–Crippen MR) is 87.4 cm³/mol. The fourth-order valence-electron chi connectivity index (χ4n) is 3.57. The quantitative estimate of drug-likeness (QED) is 0.906. The van der Waals surface area contributed by atoms with Crippen LogP contribution in [0, 0.1) is 5.92 Å². The number of hydrogen-bond donors (Lipinski definition) is 1. The highest BCUT2D eigenvalue weighted by Gasteiger charge is 2.29. The number of para-hydroxylation sites is 1. The average Bonchev–Trinajstić information content (AvgIpc) is 3.10. The van der Waals surface area contributed by atoms with E-state index in [1.165, 1.54) is 24.8 Å². The first kappa shape index (κ1) is 14.6. The van der Waals surface area contributed by atoms with Gasteiger partial charge in [0.25, 0.3) is 0 Å². The van der Waals surface area contributed by atoms with Crippen LogP contribution in [0.5, 0.6) is 0 Å². The fraction of sp³-hybridized carbons (Fsp3) is 0.556. The molecule has 1 N–H and O–H groups in total. The van der Waals surface area contributed by atoms with Crippen molar-refractivity contribution in [1.82, 2.24) is 10.2 Å². The monoisotopic (exact) mass is 286 g/mol. The highest BCUT2D eigenvalue weighted by Crippen LogP contribution is 2.28. The molecule has 2 atom stereocenters. The van der Waals surface area contributed by atoms with Crippen molar-refractivity contribution in [3.63, 3.8) is 0 Å². The van der Waals surface area contributed by atoms with E-state index in [-0.39, 0.29) is 6.04 Å². The molecule has 0 bridgehead atoms. The van der Waals surface area contributed by atoms with Crippen LogP contribution in [0.2, 0.25) is 0 Å².